The van der Waals surface area contributed by atoms with Crippen LogP contribution in [0.2, 0.25) is 0 Å². The number of carbonyl (C=O) groups is 5. The van der Waals surface area contributed by atoms with E-state index >= 15 is 0 Å². The van der Waals surface area contributed by atoms with Crippen molar-refractivity contribution in [2.75, 3.05) is 29.9 Å². The molecule has 2 aliphatic heterocycles. The molecular formula is C29H31N3O8S2. The van der Waals surface area contributed by atoms with Crippen LogP contribution >= 0.6 is 24.0 Å². The number of ether oxygens (including phenoxy) is 1. The number of thioether (sulfide) groups is 1. The largest absolute Gasteiger partial charge is 0.494 e. The van der Waals surface area contributed by atoms with E-state index in [1.807, 2.05) is 6.92 Å². The lowest BCUT2D eigenvalue weighted by molar-refractivity contribution is -0.137. The number of benzene rings is 2. The number of anilines is 2. The molecule has 0 aromatic heterocycles. The van der Waals surface area contributed by atoms with E-state index in [2.05, 4.69) is 5.32 Å². The van der Waals surface area contributed by atoms with Crippen LogP contribution in [0.5, 0.6) is 5.75 Å². The molecule has 0 aliphatic carbocycles. The number of nitrogens with zero attached hydrogens (tertiary/aromatic N) is 2. The number of aliphatic carboxylic acids is 2. The number of carboxylic acid groups (broad SMARTS) is 2. The van der Waals surface area contributed by atoms with Crippen molar-refractivity contribution in [2.24, 2.45) is 0 Å². The average molecular weight is 614 g/mol. The zero-order valence-corrected chi connectivity index (χ0v) is 24.8. The zero-order chi connectivity index (χ0) is 30.8. The third-order valence-electron chi connectivity index (χ3n) is 6.02. The second-order valence-electron chi connectivity index (χ2n) is 9.17. The number of nitrogens with one attached hydrogen (secondary N) is 1. The van der Waals surface area contributed by atoms with Crippen molar-refractivity contribution >= 4 is 74.9 Å². The van der Waals surface area contributed by atoms with Gasteiger partial charge in [-0.25, -0.2) is 0 Å². The van der Waals surface area contributed by atoms with E-state index < -0.39 is 17.8 Å². The highest BCUT2D eigenvalue weighted by Crippen LogP contribution is 2.44. The molecule has 2 heterocycles. The van der Waals surface area contributed by atoms with Crippen molar-refractivity contribution in [3.63, 3.8) is 0 Å². The number of para-hydroxylation sites is 1. The Labute approximate surface area is 252 Å². The van der Waals surface area contributed by atoms with Crippen molar-refractivity contribution < 1.29 is 38.9 Å². The number of fused-ring (bicyclic) bond motifs is 1. The van der Waals surface area contributed by atoms with Crippen molar-refractivity contribution in [1.29, 1.82) is 0 Å². The molecule has 0 atom stereocenters. The van der Waals surface area contributed by atoms with Crippen LogP contribution in [0.4, 0.5) is 11.4 Å². The van der Waals surface area contributed by atoms with E-state index in [9.17, 15) is 19.2 Å². The molecule has 4 rings (SSSR count). The standard InChI is InChI=1S/C27H27N3O6S2.C2H4O2/c1-2-36-18-13-11-17(12-14-18)28-21(31)16-30-20-9-6-5-8-19(20)23(25(30)34)24-26(35)29(27(37)38-24)15-7-3-4-10-22(32)33;1-2(3)4/h5-6,8-9,11-14H,2-4,7,10,15-16H2,1H3,(H,28,31)(H,32,33);1H3,(H,3,4)/b24-23+;. The molecule has 1 saturated heterocycles. The first kappa shape index (κ1) is 32.3. The lowest BCUT2D eigenvalue weighted by Crippen LogP contribution is -2.35. The third kappa shape index (κ3) is 8.40. The average Bonchev–Trinajstić information content (AvgIpc) is 3.36. The molecule has 1 fully saturated rings. The molecule has 0 bridgehead atoms. The Morgan fingerprint density at radius 2 is 1.62 bits per heavy atom. The number of unbranched alkanes of at least 4 members (excludes halogenated alkanes) is 2. The van der Waals surface area contributed by atoms with E-state index in [1.54, 1.807) is 48.5 Å². The van der Waals surface area contributed by atoms with E-state index in [4.69, 9.17) is 32.0 Å². The fourth-order valence-electron chi connectivity index (χ4n) is 4.27. The second-order valence-corrected chi connectivity index (χ2v) is 10.8. The maximum Gasteiger partial charge on any atom is 0.303 e. The Morgan fingerprint density at radius 1 is 0.952 bits per heavy atom. The van der Waals surface area contributed by atoms with E-state index in [0.717, 1.165) is 18.7 Å². The molecule has 2 aromatic carbocycles. The van der Waals surface area contributed by atoms with Crippen LogP contribution in [-0.2, 0) is 24.0 Å². The molecule has 2 aliphatic rings. The van der Waals surface area contributed by atoms with Crippen molar-refractivity contribution in [3.05, 3.63) is 59.0 Å². The molecule has 3 N–H and O–H groups in total. The Bertz CT molecular complexity index is 1400. The van der Waals surface area contributed by atoms with Crippen LogP contribution in [0, 0.1) is 0 Å². The minimum atomic E-state index is -0.850. The van der Waals surface area contributed by atoms with Gasteiger partial charge in [0.1, 0.15) is 16.6 Å². The van der Waals surface area contributed by atoms with E-state index in [1.165, 1.54) is 9.80 Å². The molecule has 42 heavy (non-hydrogen) atoms. The first-order valence-corrected chi connectivity index (χ1v) is 14.4. The Balaban J connectivity index is 0.00000114. The van der Waals surface area contributed by atoms with Crippen molar-refractivity contribution in [2.45, 2.75) is 39.5 Å². The molecule has 0 radical (unpaired) electrons. The predicted octanol–water partition coefficient (Wildman–Crippen LogP) is 4.38. The van der Waals surface area contributed by atoms with Gasteiger partial charge < -0.3 is 20.3 Å². The summed E-state index contributed by atoms with van der Waals surface area (Å²) in [5.74, 6) is -2.16. The van der Waals surface area contributed by atoms with Crippen LogP contribution < -0.4 is 15.0 Å². The molecule has 3 amide bonds. The highest BCUT2D eigenvalue weighted by molar-refractivity contribution is 8.26. The fraction of sp³-hybridized carbons (Fsp3) is 0.310. The monoisotopic (exact) mass is 613 g/mol. The molecule has 0 saturated carbocycles. The van der Waals surface area contributed by atoms with Gasteiger partial charge in [-0.05, 0) is 50.1 Å². The molecule has 2 aromatic rings. The third-order valence-corrected chi connectivity index (χ3v) is 7.47. The van der Waals surface area contributed by atoms with Crippen LogP contribution in [0.3, 0.4) is 0 Å². The topological polar surface area (TPSA) is 154 Å². The zero-order valence-electron chi connectivity index (χ0n) is 23.1. The van der Waals surface area contributed by atoms with Gasteiger partial charge in [0.15, 0.2) is 0 Å². The summed E-state index contributed by atoms with van der Waals surface area (Å²) < 4.78 is 5.77. The van der Waals surface area contributed by atoms with Crippen LogP contribution in [-0.4, -0.2) is 68.8 Å². The number of carbonyl (C=O) groups excluding carboxylic acids is 3. The van der Waals surface area contributed by atoms with Crippen LogP contribution in [0.15, 0.2) is 53.4 Å². The summed E-state index contributed by atoms with van der Waals surface area (Å²) >= 11 is 6.50. The smallest absolute Gasteiger partial charge is 0.303 e. The maximum atomic E-state index is 13.6. The Morgan fingerprint density at radius 3 is 2.26 bits per heavy atom. The second kappa shape index (κ2) is 15.1. The van der Waals surface area contributed by atoms with Gasteiger partial charge in [-0.2, -0.15) is 0 Å². The van der Waals surface area contributed by atoms with Crippen molar-refractivity contribution in [3.8, 4) is 5.75 Å². The molecule has 0 spiro atoms. The molecule has 11 nitrogen and oxygen atoms in total. The number of hydrogen-bond acceptors (Lipinski definition) is 8. The SMILES string of the molecule is CC(=O)O.CCOc1ccc(NC(=O)CN2C(=O)/C(=C3/SC(=S)N(CCCCCC(=O)O)C3=O)c3ccccc32)cc1. The highest BCUT2D eigenvalue weighted by atomic mass is 32.2. The van der Waals surface area contributed by atoms with Gasteiger partial charge in [0.2, 0.25) is 5.91 Å². The number of hydrogen-bond donors (Lipinski definition) is 3. The van der Waals surface area contributed by atoms with Gasteiger partial charge >= 0.3 is 5.97 Å². The number of amides is 3. The van der Waals surface area contributed by atoms with Crippen LogP contribution in [0.25, 0.3) is 5.57 Å². The first-order chi connectivity index (χ1) is 20.0. The lowest BCUT2D eigenvalue weighted by atomic mass is 10.1. The summed E-state index contributed by atoms with van der Waals surface area (Å²) in [5.41, 5.74) is 1.93. The molecule has 222 valence electrons. The Hall–Kier alpha value is -4.23. The fourth-order valence-corrected chi connectivity index (χ4v) is 5.65. The first-order valence-electron chi connectivity index (χ1n) is 13.2. The predicted molar refractivity (Wildman–Crippen MR) is 163 cm³/mol. The Kier molecular flexibility index (Phi) is 11.6. The van der Waals surface area contributed by atoms with Gasteiger partial charge in [-0.15, -0.1) is 0 Å². The summed E-state index contributed by atoms with van der Waals surface area (Å²) in [5, 5.41) is 19.0. The summed E-state index contributed by atoms with van der Waals surface area (Å²) in [6.07, 6.45) is 1.85. The van der Waals surface area contributed by atoms with Crippen LogP contribution in [0.1, 0.15) is 45.1 Å². The normalized spacial score (nSPS) is 15.7. The number of thiocarbonyl (C=S) groups is 1. The minimum absolute atomic E-state index is 0.0791. The molecular weight excluding hydrogens is 582 g/mol. The summed E-state index contributed by atoms with van der Waals surface area (Å²) in [7, 11) is 0. The summed E-state index contributed by atoms with van der Waals surface area (Å²) in [6.45, 7) is 3.63. The lowest BCUT2D eigenvalue weighted by Gasteiger charge is -2.17. The highest BCUT2D eigenvalue weighted by Gasteiger charge is 2.42. The van der Waals surface area contributed by atoms with Gasteiger partial charge in [-0.3, -0.25) is 33.8 Å². The minimum Gasteiger partial charge on any atom is -0.494 e. The van der Waals surface area contributed by atoms with Gasteiger partial charge in [0, 0.05) is 31.1 Å². The summed E-state index contributed by atoms with van der Waals surface area (Å²) in [4.78, 5) is 62.5. The number of carboxylic acids is 2. The summed E-state index contributed by atoms with van der Waals surface area (Å²) in [6, 6.07) is 14.0. The van der Waals surface area contributed by atoms with Gasteiger partial charge in [0.05, 0.1) is 22.8 Å². The van der Waals surface area contributed by atoms with E-state index in [-0.39, 0.29) is 35.3 Å². The maximum absolute atomic E-state index is 13.6. The molecule has 0 unspecified atom stereocenters. The van der Waals surface area contributed by atoms with Gasteiger partial charge in [0.25, 0.3) is 17.8 Å². The molecule has 13 heteroatoms. The quantitative estimate of drug-likeness (QED) is 0.189. The van der Waals surface area contributed by atoms with Crippen molar-refractivity contribution in [1.82, 2.24) is 4.90 Å². The van der Waals surface area contributed by atoms with Gasteiger partial charge in [-0.1, -0.05) is 48.6 Å². The number of rotatable bonds is 11. The van der Waals surface area contributed by atoms with E-state index in [0.29, 0.717) is 59.4 Å².